The number of benzene rings is 1. The lowest BCUT2D eigenvalue weighted by Gasteiger charge is -2.10. The predicted octanol–water partition coefficient (Wildman–Crippen LogP) is 3.37. The first-order valence-electron chi connectivity index (χ1n) is 6.10. The van der Waals surface area contributed by atoms with Crippen molar-refractivity contribution < 1.29 is 0 Å². The molecule has 0 aliphatic heterocycles. The van der Waals surface area contributed by atoms with Crippen LogP contribution in [-0.4, -0.2) is 15.0 Å². The van der Waals surface area contributed by atoms with Crippen LogP contribution in [0.25, 0.3) is 11.3 Å². The Morgan fingerprint density at radius 1 is 1.26 bits per heavy atom. The Kier molecular flexibility index (Phi) is 4.45. The topological polar surface area (TPSA) is 56.7 Å². The molecule has 0 aliphatic carbocycles. The van der Waals surface area contributed by atoms with Crippen LogP contribution in [0.2, 0.25) is 10.0 Å². The molecule has 0 radical (unpaired) electrons. The SMILES string of the molecule is CC(C)Cn1nnc(CN)c1-c1ccc(Cl)c(Cl)c1. The minimum absolute atomic E-state index is 0.341. The highest BCUT2D eigenvalue weighted by Crippen LogP contribution is 2.30. The second-order valence-corrected chi connectivity index (χ2v) is 5.61. The van der Waals surface area contributed by atoms with E-state index in [1.54, 1.807) is 6.07 Å². The van der Waals surface area contributed by atoms with Crippen LogP contribution in [-0.2, 0) is 13.1 Å². The van der Waals surface area contributed by atoms with Gasteiger partial charge in [0.1, 0.15) is 5.69 Å². The first-order valence-corrected chi connectivity index (χ1v) is 6.86. The lowest BCUT2D eigenvalue weighted by Crippen LogP contribution is -2.08. The fourth-order valence-corrected chi connectivity index (χ4v) is 2.22. The van der Waals surface area contributed by atoms with Gasteiger partial charge in [0.2, 0.25) is 0 Å². The van der Waals surface area contributed by atoms with Crippen molar-refractivity contribution >= 4 is 23.2 Å². The van der Waals surface area contributed by atoms with E-state index in [2.05, 4.69) is 24.2 Å². The van der Waals surface area contributed by atoms with Gasteiger partial charge in [-0.2, -0.15) is 0 Å². The third-order valence-electron chi connectivity index (χ3n) is 2.73. The van der Waals surface area contributed by atoms with Gasteiger partial charge in [-0.05, 0) is 18.1 Å². The summed E-state index contributed by atoms with van der Waals surface area (Å²) in [5, 5.41) is 9.34. The third-order valence-corrected chi connectivity index (χ3v) is 3.47. The zero-order valence-electron chi connectivity index (χ0n) is 10.9. The molecule has 0 saturated carbocycles. The monoisotopic (exact) mass is 298 g/mol. The number of aromatic nitrogens is 3. The summed E-state index contributed by atoms with van der Waals surface area (Å²) in [5.41, 5.74) is 8.33. The normalized spacial score (nSPS) is 11.3. The van der Waals surface area contributed by atoms with Crippen LogP contribution in [0.5, 0.6) is 0 Å². The van der Waals surface area contributed by atoms with Gasteiger partial charge in [0.15, 0.2) is 0 Å². The van der Waals surface area contributed by atoms with Gasteiger partial charge < -0.3 is 5.73 Å². The molecule has 2 N–H and O–H groups in total. The van der Waals surface area contributed by atoms with Gasteiger partial charge in [-0.25, -0.2) is 4.68 Å². The number of hydrogen-bond acceptors (Lipinski definition) is 3. The maximum absolute atomic E-state index is 6.07. The van der Waals surface area contributed by atoms with E-state index < -0.39 is 0 Å². The Bertz CT molecular complexity index is 578. The van der Waals surface area contributed by atoms with Crippen molar-refractivity contribution in [3.8, 4) is 11.3 Å². The summed E-state index contributed by atoms with van der Waals surface area (Å²) in [6.45, 7) is 5.38. The zero-order chi connectivity index (χ0) is 14.0. The Morgan fingerprint density at radius 3 is 2.58 bits per heavy atom. The largest absolute Gasteiger partial charge is 0.325 e. The molecule has 1 heterocycles. The van der Waals surface area contributed by atoms with Crippen molar-refractivity contribution in [1.29, 1.82) is 0 Å². The standard InChI is InChI=1S/C13H16Cl2N4/c1-8(2)7-19-13(12(6-16)17-18-19)9-3-4-10(14)11(15)5-9/h3-5,8H,6-7,16H2,1-2H3. The van der Waals surface area contributed by atoms with Crippen LogP contribution in [0.3, 0.4) is 0 Å². The summed E-state index contributed by atoms with van der Waals surface area (Å²) in [6, 6.07) is 5.49. The lowest BCUT2D eigenvalue weighted by molar-refractivity contribution is 0.475. The molecule has 0 saturated heterocycles. The maximum Gasteiger partial charge on any atom is 0.104 e. The molecule has 6 heteroatoms. The quantitative estimate of drug-likeness (QED) is 0.941. The second-order valence-electron chi connectivity index (χ2n) is 4.79. The highest BCUT2D eigenvalue weighted by atomic mass is 35.5. The predicted molar refractivity (Wildman–Crippen MR) is 78.2 cm³/mol. The lowest BCUT2D eigenvalue weighted by atomic mass is 10.1. The molecule has 102 valence electrons. The zero-order valence-corrected chi connectivity index (χ0v) is 12.4. The van der Waals surface area contributed by atoms with E-state index in [-0.39, 0.29) is 0 Å². The average Bonchev–Trinajstić information content (AvgIpc) is 2.74. The smallest absolute Gasteiger partial charge is 0.104 e. The molecule has 0 aliphatic rings. The number of halogens is 2. The van der Waals surface area contributed by atoms with E-state index >= 15 is 0 Å². The van der Waals surface area contributed by atoms with Crippen molar-refractivity contribution in [3.05, 3.63) is 33.9 Å². The minimum atomic E-state index is 0.341. The molecule has 2 aromatic rings. The third kappa shape index (κ3) is 3.08. The van der Waals surface area contributed by atoms with Gasteiger partial charge in [-0.1, -0.05) is 48.3 Å². The van der Waals surface area contributed by atoms with Crippen LogP contribution >= 0.6 is 23.2 Å². The van der Waals surface area contributed by atoms with E-state index in [9.17, 15) is 0 Å². The number of nitrogens with zero attached hydrogens (tertiary/aromatic N) is 3. The van der Waals surface area contributed by atoms with Gasteiger partial charge in [-0.15, -0.1) is 5.10 Å². The summed E-state index contributed by atoms with van der Waals surface area (Å²) in [7, 11) is 0. The molecule has 1 aromatic carbocycles. The summed E-state index contributed by atoms with van der Waals surface area (Å²) in [5.74, 6) is 0.467. The van der Waals surface area contributed by atoms with Gasteiger partial charge in [0.05, 0.1) is 15.7 Å². The number of hydrogen-bond donors (Lipinski definition) is 1. The molecule has 4 nitrogen and oxygen atoms in total. The van der Waals surface area contributed by atoms with E-state index in [1.165, 1.54) is 0 Å². The average molecular weight is 299 g/mol. The number of rotatable bonds is 4. The van der Waals surface area contributed by atoms with Crippen LogP contribution in [0.4, 0.5) is 0 Å². The molecule has 0 amide bonds. The van der Waals surface area contributed by atoms with Crippen molar-refractivity contribution in [3.63, 3.8) is 0 Å². The molecule has 2 rings (SSSR count). The molecule has 0 unspecified atom stereocenters. The van der Waals surface area contributed by atoms with Crippen molar-refractivity contribution in [2.24, 2.45) is 11.7 Å². The fraction of sp³-hybridized carbons (Fsp3) is 0.385. The van der Waals surface area contributed by atoms with E-state index in [4.69, 9.17) is 28.9 Å². The van der Waals surface area contributed by atoms with Crippen molar-refractivity contribution in [1.82, 2.24) is 15.0 Å². The minimum Gasteiger partial charge on any atom is -0.325 e. The molecular weight excluding hydrogens is 283 g/mol. The van der Waals surface area contributed by atoms with Crippen LogP contribution in [0.15, 0.2) is 18.2 Å². The Labute approximate surface area is 122 Å². The first kappa shape index (κ1) is 14.3. The van der Waals surface area contributed by atoms with Gasteiger partial charge >= 0.3 is 0 Å². The molecule has 0 bridgehead atoms. The molecule has 0 fully saturated rings. The van der Waals surface area contributed by atoms with E-state index in [0.717, 1.165) is 23.5 Å². The first-order chi connectivity index (χ1) is 9.02. The van der Waals surface area contributed by atoms with Crippen molar-refractivity contribution in [2.75, 3.05) is 0 Å². The van der Waals surface area contributed by atoms with E-state index in [1.807, 2.05) is 16.8 Å². The van der Waals surface area contributed by atoms with Gasteiger partial charge in [-0.3, -0.25) is 0 Å². The second kappa shape index (κ2) is 5.90. The van der Waals surface area contributed by atoms with Crippen LogP contribution < -0.4 is 5.73 Å². The Morgan fingerprint density at radius 2 is 2.00 bits per heavy atom. The summed E-state index contributed by atoms with van der Waals surface area (Å²) < 4.78 is 1.87. The van der Waals surface area contributed by atoms with Crippen LogP contribution in [0.1, 0.15) is 19.5 Å². The maximum atomic E-state index is 6.07. The molecule has 1 aromatic heterocycles. The summed E-state index contributed by atoms with van der Waals surface area (Å²) in [4.78, 5) is 0. The fourth-order valence-electron chi connectivity index (χ4n) is 1.92. The van der Waals surface area contributed by atoms with Crippen molar-refractivity contribution in [2.45, 2.75) is 26.9 Å². The highest BCUT2D eigenvalue weighted by Gasteiger charge is 2.15. The number of nitrogens with two attached hydrogens (primary N) is 1. The summed E-state index contributed by atoms with van der Waals surface area (Å²) >= 11 is 12.0. The molecule has 0 spiro atoms. The Balaban J connectivity index is 2.52. The van der Waals surface area contributed by atoms with Crippen LogP contribution in [0, 0.1) is 5.92 Å². The van der Waals surface area contributed by atoms with Gasteiger partial charge in [0, 0.05) is 18.7 Å². The summed E-state index contributed by atoms with van der Waals surface area (Å²) in [6.07, 6.45) is 0. The molecular formula is C13H16Cl2N4. The molecule has 0 atom stereocenters. The Hall–Kier alpha value is -1.10. The molecule has 19 heavy (non-hydrogen) atoms. The van der Waals surface area contributed by atoms with E-state index in [0.29, 0.717) is 22.5 Å². The highest BCUT2D eigenvalue weighted by molar-refractivity contribution is 6.42. The van der Waals surface area contributed by atoms with Gasteiger partial charge in [0.25, 0.3) is 0 Å².